The molecule has 2 rings (SSSR count). The molecule has 0 aliphatic heterocycles. The Balaban J connectivity index is 2.27. The van der Waals surface area contributed by atoms with E-state index in [9.17, 15) is 0 Å². The summed E-state index contributed by atoms with van der Waals surface area (Å²) in [5, 5.41) is 3.22. The van der Waals surface area contributed by atoms with Crippen molar-refractivity contribution >= 4 is 15.9 Å². The van der Waals surface area contributed by atoms with Crippen molar-refractivity contribution in [1.82, 2.24) is 5.32 Å². The summed E-state index contributed by atoms with van der Waals surface area (Å²) in [4.78, 5) is 0. The van der Waals surface area contributed by atoms with Gasteiger partial charge < -0.3 is 5.32 Å². The van der Waals surface area contributed by atoms with E-state index in [0.717, 1.165) is 12.5 Å². The van der Waals surface area contributed by atoms with E-state index in [4.69, 9.17) is 0 Å². The number of rotatable bonds is 2. The molecule has 0 saturated carbocycles. The molecule has 0 bridgehead atoms. The van der Waals surface area contributed by atoms with E-state index in [1.165, 1.54) is 22.0 Å². The van der Waals surface area contributed by atoms with Crippen molar-refractivity contribution in [2.45, 2.75) is 12.3 Å². The van der Waals surface area contributed by atoms with Gasteiger partial charge in [0.1, 0.15) is 0 Å². The molecule has 1 aromatic rings. The SMILES string of the molecule is CNCC1Cc2cccc(Br)c21. The molecular formula is C10H12BrN. The Labute approximate surface area is 81.3 Å². The van der Waals surface area contributed by atoms with Crippen LogP contribution in [0.3, 0.4) is 0 Å². The van der Waals surface area contributed by atoms with Crippen LogP contribution in [-0.4, -0.2) is 13.6 Å². The number of nitrogens with one attached hydrogen (secondary N) is 1. The number of hydrogen-bond acceptors (Lipinski definition) is 1. The summed E-state index contributed by atoms with van der Waals surface area (Å²) >= 11 is 3.58. The second-order valence-electron chi connectivity index (χ2n) is 3.27. The van der Waals surface area contributed by atoms with Crippen molar-refractivity contribution < 1.29 is 0 Å². The Morgan fingerprint density at radius 1 is 1.58 bits per heavy atom. The molecule has 0 aromatic heterocycles. The van der Waals surface area contributed by atoms with Gasteiger partial charge in [-0.15, -0.1) is 0 Å². The molecule has 1 aliphatic rings. The predicted octanol–water partition coefficient (Wildman–Crippen LogP) is 2.31. The third kappa shape index (κ3) is 1.19. The van der Waals surface area contributed by atoms with Gasteiger partial charge in [-0.3, -0.25) is 0 Å². The van der Waals surface area contributed by atoms with Gasteiger partial charge in [-0.25, -0.2) is 0 Å². The molecular weight excluding hydrogens is 214 g/mol. The summed E-state index contributed by atoms with van der Waals surface area (Å²) in [5.74, 6) is 0.723. The molecule has 1 unspecified atom stereocenters. The van der Waals surface area contributed by atoms with Crippen LogP contribution < -0.4 is 5.32 Å². The molecule has 0 fully saturated rings. The first-order valence-electron chi connectivity index (χ1n) is 4.25. The fourth-order valence-electron chi connectivity index (χ4n) is 1.87. The van der Waals surface area contributed by atoms with Gasteiger partial charge in [0, 0.05) is 16.9 Å². The fraction of sp³-hybridized carbons (Fsp3) is 0.400. The van der Waals surface area contributed by atoms with Crippen LogP contribution in [0.4, 0.5) is 0 Å². The van der Waals surface area contributed by atoms with Gasteiger partial charge in [0.2, 0.25) is 0 Å². The zero-order chi connectivity index (χ0) is 8.55. The minimum Gasteiger partial charge on any atom is -0.319 e. The lowest BCUT2D eigenvalue weighted by molar-refractivity contribution is 0.565. The van der Waals surface area contributed by atoms with Crippen LogP contribution in [0, 0.1) is 0 Å². The zero-order valence-corrected chi connectivity index (χ0v) is 8.69. The third-order valence-electron chi connectivity index (χ3n) is 2.47. The Bertz CT molecular complexity index is 282. The van der Waals surface area contributed by atoms with E-state index in [-0.39, 0.29) is 0 Å². The van der Waals surface area contributed by atoms with Crippen LogP contribution in [0.25, 0.3) is 0 Å². The Hall–Kier alpha value is -0.340. The quantitative estimate of drug-likeness (QED) is 0.815. The Kier molecular flexibility index (Phi) is 2.20. The highest BCUT2D eigenvalue weighted by molar-refractivity contribution is 9.10. The average Bonchev–Trinajstić information content (AvgIpc) is 2.00. The second-order valence-corrected chi connectivity index (χ2v) is 4.13. The molecule has 1 nitrogen and oxygen atoms in total. The van der Waals surface area contributed by atoms with Gasteiger partial charge in [-0.05, 0) is 30.7 Å². The van der Waals surface area contributed by atoms with Crippen molar-refractivity contribution in [3.05, 3.63) is 33.8 Å². The summed E-state index contributed by atoms with van der Waals surface area (Å²) in [5.41, 5.74) is 3.01. The van der Waals surface area contributed by atoms with Crippen LogP contribution in [0.5, 0.6) is 0 Å². The van der Waals surface area contributed by atoms with Gasteiger partial charge in [-0.1, -0.05) is 28.1 Å². The zero-order valence-electron chi connectivity index (χ0n) is 7.10. The molecule has 1 aliphatic carbocycles. The molecule has 0 saturated heterocycles. The standard InChI is InChI=1S/C10H12BrN/c1-12-6-8-5-7-3-2-4-9(11)10(7)8/h2-4,8,12H,5-6H2,1H3. The molecule has 1 atom stereocenters. The van der Waals surface area contributed by atoms with E-state index < -0.39 is 0 Å². The molecule has 1 N–H and O–H groups in total. The lowest BCUT2D eigenvalue weighted by Gasteiger charge is -2.31. The van der Waals surface area contributed by atoms with Crippen LogP contribution in [0.15, 0.2) is 22.7 Å². The number of likely N-dealkylation sites (N-methyl/N-ethyl adjacent to an activating group) is 1. The molecule has 0 spiro atoms. The van der Waals surface area contributed by atoms with E-state index in [1.807, 2.05) is 7.05 Å². The Morgan fingerprint density at radius 3 is 3.08 bits per heavy atom. The predicted molar refractivity (Wildman–Crippen MR) is 54.5 cm³/mol. The summed E-state index contributed by atoms with van der Waals surface area (Å²) in [6, 6.07) is 6.45. The number of hydrogen-bond donors (Lipinski definition) is 1. The maximum absolute atomic E-state index is 3.58. The van der Waals surface area contributed by atoms with Gasteiger partial charge >= 0.3 is 0 Å². The smallest absolute Gasteiger partial charge is 0.0213 e. The fourth-order valence-corrected chi connectivity index (χ4v) is 2.60. The third-order valence-corrected chi connectivity index (χ3v) is 3.16. The van der Waals surface area contributed by atoms with Gasteiger partial charge in [0.05, 0.1) is 0 Å². The summed E-state index contributed by atoms with van der Waals surface area (Å²) in [6.07, 6.45) is 1.23. The first-order valence-corrected chi connectivity index (χ1v) is 5.04. The van der Waals surface area contributed by atoms with E-state index >= 15 is 0 Å². The normalized spacial score (nSPS) is 20.0. The molecule has 12 heavy (non-hydrogen) atoms. The van der Waals surface area contributed by atoms with Crippen molar-refractivity contribution in [3.8, 4) is 0 Å². The lowest BCUT2D eigenvalue weighted by Crippen LogP contribution is -2.27. The summed E-state index contributed by atoms with van der Waals surface area (Å²) in [6.45, 7) is 1.09. The molecule has 0 radical (unpaired) electrons. The maximum Gasteiger partial charge on any atom is 0.0213 e. The van der Waals surface area contributed by atoms with Crippen molar-refractivity contribution in [2.24, 2.45) is 0 Å². The highest BCUT2D eigenvalue weighted by Gasteiger charge is 2.26. The number of fused-ring (bicyclic) bond motifs is 1. The van der Waals surface area contributed by atoms with Crippen LogP contribution in [0.2, 0.25) is 0 Å². The van der Waals surface area contributed by atoms with Crippen LogP contribution in [0.1, 0.15) is 17.0 Å². The van der Waals surface area contributed by atoms with Crippen molar-refractivity contribution in [1.29, 1.82) is 0 Å². The maximum atomic E-state index is 3.58. The van der Waals surface area contributed by atoms with E-state index in [1.54, 1.807) is 0 Å². The van der Waals surface area contributed by atoms with Crippen molar-refractivity contribution in [2.75, 3.05) is 13.6 Å². The minimum atomic E-state index is 0.723. The monoisotopic (exact) mass is 225 g/mol. The highest BCUT2D eigenvalue weighted by atomic mass is 79.9. The first kappa shape index (κ1) is 8.27. The van der Waals surface area contributed by atoms with Gasteiger partial charge in [0.25, 0.3) is 0 Å². The summed E-state index contributed by atoms with van der Waals surface area (Å²) < 4.78 is 1.27. The average molecular weight is 226 g/mol. The summed E-state index contributed by atoms with van der Waals surface area (Å²) in [7, 11) is 2.01. The van der Waals surface area contributed by atoms with Gasteiger partial charge in [0.15, 0.2) is 0 Å². The number of halogens is 1. The highest BCUT2D eigenvalue weighted by Crippen LogP contribution is 2.39. The first-order chi connectivity index (χ1) is 5.83. The van der Waals surface area contributed by atoms with E-state index in [0.29, 0.717) is 0 Å². The minimum absolute atomic E-state index is 0.723. The van der Waals surface area contributed by atoms with Gasteiger partial charge in [-0.2, -0.15) is 0 Å². The molecule has 64 valence electrons. The molecule has 1 aromatic carbocycles. The molecule has 2 heteroatoms. The second kappa shape index (κ2) is 3.19. The largest absolute Gasteiger partial charge is 0.319 e. The molecule has 0 heterocycles. The van der Waals surface area contributed by atoms with Crippen LogP contribution >= 0.6 is 15.9 Å². The topological polar surface area (TPSA) is 12.0 Å². The molecule has 0 amide bonds. The van der Waals surface area contributed by atoms with Crippen LogP contribution in [-0.2, 0) is 6.42 Å². The van der Waals surface area contributed by atoms with Crippen molar-refractivity contribution in [3.63, 3.8) is 0 Å². The lowest BCUT2D eigenvalue weighted by atomic mass is 9.78. The van der Waals surface area contributed by atoms with E-state index in [2.05, 4.69) is 39.4 Å². The number of benzene rings is 1. The Morgan fingerprint density at radius 2 is 2.42 bits per heavy atom.